The van der Waals surface area contributed by atoms with Crippen molar-refractivity contribution < 1.29 is 9.53 Å². The second-order valence-corrected chi connectivity index (χ2v) is 6.65. The second kappa shape index (κ2) is 8.60. The molecule has 1 aliphatic heterocycles. The maximum Gasteiger partial charge on any atom is 0.222 e. The van der Waals surface area contributed by atoms with Gasteiger partial charge >= 0.3 is 0 Å². The van der Waals surface area contributed by atoms with Gasteiger partial charge in [0.15, 0.2) is 0 Å². The van der Waals surface area contributed by atoms with Gasteiger partial charge in [-0.15, -0.1) is 5.10 Å². The molecule has 25 heavy (non-hydrogen) atoms. The largest absolute Gasteiger partial charge is 0.493 e. The molecule has 0 aliphatic carbocycles. The van der Waals surface area contributed by atoms with E-state index in [2.05, 4.69) is 34.6 Å². The first-order valence-corrected chi connectivity index (χ1v) is 8.89. The number of piperidine rings is 1. The highest BCUT2D eigenvalue weighted by molar-refractivity contribution is 5.76. The lowest BCUT2D eigenvalue weighted by Gasteiger charge is -2.32. The number of ether oxygens (including phenoxy) is 1. The Balaban J connectivity index is 1.40. The van der Waals surface area contributed by atoms with Gasteiger partial charge in [0.05, 0.1) is 6.61 Å². The number of likely N-dealkylation sites (tertiary alicyclic amines) is 1. The number of hydrogen-bond donors (Lipinski definition) is 0. The zero-order valence-electron chi connectivity index (χ0n) is 14.7. The van der Waals surface area contributed by atoms with Crippen molar-refractivity contribution >= 4 is 5.91 Å². The number of aromatic nitrogens is 4. The number of carbonyl (C=O) groups is 1. The molecule has 1 aromatic heterocycles. The highest BCUT2D eigenvalue weighted by Crippen LogP contribution is 2.20. The zero-order chi connectivity index (χ0) is 17.5. The fourth-order valence-corrected chi connectivity index (χ4v) is 3.11. The quantitative estimate of drug-likeness (QED) is 0.769. The topological polar surface area (TPSA) is 73.1 Å². The first-order chi connectivity index (χ1) is 12.2. The lowest BCUT2D eigenvalue weighted by atomic mass is 9.98. The van der Waals surface area contributed by atoms with E-state index >= 15 is 0 Å². The molecule has 0 unspecified atom stereocenters. The summed E-state index contributed by atoms with van der Waals surface area (Å²) in [5.41, 5.74) is 1.23. The van der Waals surface area contributed by atoms with Crippen LogP contribution in [0.15, 0.2) is 30.6 Å². The SMILES string of the molecule is Cc1ccc(OC[C@H]2CCCN(C(=O)CCCn3cnnn3)C2)cc1. The van der Waals surface area contributed by atoms with Gasteiger partial charge in [0.2, 0.25) is 5.91 Å². The van der Waals surface area contributed by atoms with Gasteiger partial charge in [0, 0.05) is 32.0 Å². The van der Waals surface area contributed by atoms with Gasteiger partial charge in [-0.3, -0.25) is 4.79 Å². The smallest absolute Gasteiger partial charge is 0.222 e. The molecule has 7 heteroatoms. The van der Waals surface area contributed by atoms with E-state index in [9.17, 15) is 4.79 Å². The van der Waals surface area contributed by atoms with Gasteiger partial charge in [0.1, 0.15) is 12.1 Å². The number of rotatable bonds is 7. The summed E-state index contributed by atoms with van der Waals surface area (Å²) >= 11 is 0. The van der Waals surface area contributed by atoms with E-state index in [0.717, 1.165) is 38.1 Å². The molecule has 134 valence electrons. The van der Waals surface area contributed by atoms with E-state index in [1.807, 2.05) is 17.0 Å². The summed E-state index contributed by atoms with van der Waals surface area (Å²) in [6, 6.07) is 8.10. The predicted octanol–water partition coefficient (Wildman–Crippen LogP) is 2.08. The molecule has 1 aliphatic rings. The van der Waals surface area contributed by atoms with Crippen LogP contribution in [0, 0.1) is 12.8 Å². The minimum atomic E-state index is 0.216. The Kier molecular flexibility index (Phi) is 5.98. The number of amides is 1. The third-order valence-corrected chi connectivity index (χ3v) is 4.55. The number of carbonyl (C=O) groups excluding carboxylic acids is 1. The average Bonchev–Trinajstić information content (AvgIpc) is 3.15. The van der Waals surface area contributed by atoms with Crippen molar-refractivity contribution in [3.05, 3.63) is 36.2 Å². The molecule has 1 aromatic carbocycles. The lowest BCUT2D eigenvalue weighted by molar-refractivity contribution is -0.133. The number of nitrogens with zero attached hydrogens (tertiary/aromatic N) is 5. The highest BCUT2D eigenvalue weighted by atomic mass is 16.5. The summed E-state index contributed by atoms with van der Waals surface area (Å²) in [5.74, 6) is 1.52. The van der Waals surface area contributed by atoms with Gasteiger partial charge in [-0.2, -0.15) is 0 Å². The second-order valence-electron chi connectivity index (χ2n) is 6.65. The van der Waals surface area contributed by atoms with Crippen LogP contribution in [-0.4, -0.2) is 50.7 Å². The van der Waals surface area contributed by atoms with Crippen LogP contribution in [0.2, 0.25) is 0 Å². The summed E-state index contributed by atoms with van der Waals surface area (Å²) in [5, 5.41) is 11.0. The third kappa shape index (κ3) is 5.27. The van der Waals surface area contributed by atoms with Crippen LogP contribution in [0.5, 0.6) is 5.75 Å². The lowest BCUT2D eigenvalue weighted by Crippen LogP contribution is -2.41. The van der Waals surface area contributed by atoms with Gasteiger partial charge in [-0.05, 0) is 48.7 Å². The maximum atomic E-state index is 12.4. The Labute approximate surface area is 148 Å². The van der Waals surface area contributed by atoms with Gasteiger partial charge < -0.3 is 9.64 Å². The fourth-order valence-electron chi connectivity index (χ4n) is 3.11. The van der Waals surface area contributed by atoms with Crippen LogP contribution in [0.25, 0.3) is 0 Å². The van der Waals surface area contributed by atoms with Gasteiger partial charge in [0.25, 0.3) is 0 Å². The number of aryl methyl sites for hydroxylation is 2. The van der Waals surface area contributed by atoms with Gasteiger partial charge in [-0.1, -0.05) is 17.7 Å². The van der Waals surface area contributed by atoms with Crippen LogP contribution in [0.1, 0.15) is 31.2 Å². The van der Waals surface area contributed by atoms with Crippen molar-refractivity contribution in [1.29, 1.82) is 0 Å². The number of hydrogen-bond acceptors (Lipinski definition) is 5. The van der Waals surface area contributed by atoms with Crippen molar-refractivity contribution in [2.75, 3.05) is 19.7 Å². The summed E-state index contributed by atoms with van der Waals surface area (Å²) < 4.78 is 7.55. The molecule has 1 amide bonds. The first-order valence-electron chi connectivity index (χ1n) is 8.89. The molecule has 7 nitrogen and oxygen atoms in total. The van der Waals surface area contributed by atoms with Crippen LogP contribution in [0.3, 0.4) is 0 Å². The molecule has 0 spiro atoms. The third-order valence-electron chi connectivity index (χ3n) is 4.55. The molecule has 0 bridgehead atoms. The number of benzene rings is 1. The fraction of sp³-hybridized carbons (Fsp3) is 0.556. The van der Waals surface area contributed by atoms with Crippen LogP contribution in [-0.2, 0) is 11.3 Å². The van der Waals surface area contributed by atoms with E-state index < -0.39 is 0 Å². The highest BCUT2D eigenvalue weighted by Gasteiger charge is 2.23. The Morgan fingerprint density at radius 3 is 2.92 bits per heavy atom. The van der Waals surface area contributed by atoms with E-state index in [4.69, 9.17) is 4.74 Å². The summed E-state index contributed by atoms with van der Waals surface area (Å²) in [4.78, 5) is 14.4. The number of tetrazole rings is 1. The van der Waals surface area contributed by atoms with Gasteiger partial charge in [-0.25, -0.2) is 4.68 Å². The van der Waals surface area contributed by atoms with E-state index in [-0.39, 0.29) is 5.91 Å². The molecule has 1 fully saturated rings. The van der Waals surface area contributed by atoms with Crippen LogP contribution < -0.4 is 4.74 Å². The minimum Gasteiger partial charge on any atom is -0.493 e. The van der Waals surface area contributed by atoms with E-state index in [1.165, 1.54) is 5.56 Å². The zero-order valence-corrected chi connectivity index (χ0v) is 14.7. The standard InChI is InChI=1S/C18H25N5O2/c1-15-6-8-17(9-7-15)25-13-16-4-2-10-22(12-16)18(24)5-3-11-23-14-19-20-21-23/h6-9,14,16H,2-5,10-13H2,1H3/t16-/m0/s1. The molecule has 3 rings (SSSR count). The summed E-state index contributed by atoms with van der Waals surface area (Å²) in [6.07, 6.45) is 5.01. The minimum absolute atomic E-state index is 0.216. The Bertz CT molecular complexity index is 657. The molecule has 0 radical (unpaired) electrons. The molecule has 0 saturated carbocycles. The maximum absolute atomic E-state index is 12.4. The normalized spacial score (nSPS) is 17.5. The molecular weight excluding hydrogens is 318 g/mol. The molecule has 1 saturated heterocycles. The van der Waals surface area contributed by atoms with E-state index in [0.29, 0.717) is 25.5 Å². The van der Waals surface area contributed by atoms with E-state index in [1.54, 1.807) is 11.0 Å². The van der Waals surface area contributed by atoms with Crippen molar-refractivity contribution in [2.45, 2.75) is 39.2 Å². The van der Waals surface area contributed by atoms with Crippen LogP contribution >= 0.6 is 0 Å². The molecule has 1 atom stereocenters. The summed E-state index contributed by atoms with van der Waals surface area (Å²) in [7, 11) is 0. The molecular formula is C18H25N5O2. The average molecular weight is 343 g/mol. The monoisotopic (exact) mass is 343 g/mol. The molecule has 2 heterocycles. The molecule has 2 aromatic rings. The van der Waals surface area contributed by atoms with Crippen molar-refractivity contribution in [3.63, 3.8) is 0 Å². The van der Waals surface area contributed by atoms with Crippen molar-refractivity contribution in [2.24, 2.45) is 5.92 Å². The Morgan fingerprint density at radius 2 is 2.16 bits per heavy atom. The summed E-state index contributed by atoms with van der Waals surface area (Å²) in [6.45, 7) is 5.04. The molecule has 0 N–H and O–H groups in total. The van der Waals surface area contributed by atoms with Crippen molar-refractivity contribution in [3.8, 4) is 5.75 Å². The first kappa shape index (κ1) is 17.4. The van der Waals surface area contributed by atoms with Crippen LogP contribution in [0.4, 0.5) is 0 Å². The Morgan fingerprint density at radius 1 is 1.32 bits per heavy atom. The predicted molar refractivity (Wildman–Crippen MR) is 93.0 cm³/mol. The Hall–Kier alpha value is -2.44. The van der Waals surface area contributed by atoms with Crippen molar-refractivity contribution in [1.82, 2.24) is 25.1 Å².